The molecule has 2 unspecified atom stereocenters. The van der Waals surface area contributed by atoms with Crippen LogP contribution in [0.15, 0.2) is 16.7 Å². The second kappa shape index (κ2) is 4.72. The summed E-state index contributed by atoms with van der Waals surface area (Å²) in [7, 11) is 0. The molecule has 1 aromatic heterocycles. The van der Waals surface area contributed by atoms with Crippen LogP contribution in [-0.4, -0.2) is 29.3 Å². The smallest absolute Gasteiger partial charge is 0.143 e. The summed E-state index contributed by atoms with van der Waals surface area (Å²) in [5, 5.41) is 9.44. The number of halogens is 1. The first kappa shape index (κ1) is 11.9. The Bertz CT molecular complexity index is 383. The molecule has 1 aliphatic heterocycles. The Morgan fingerprint density at radius 1 is 1.62 bits per heavy atom. The summed E-state index contributed by atoms with van der Waals surface area (Å²) >= 11 is 3.58. The molecule has 2 rings (SSSR count). The number of hydrogen-bond acceptors (Lipinski definition) is 3. The maximum absolute atomic E-state index is 9.44. The highest BCUT2D eigenvalue weighted by Crippen LogP contribution is 2.34. The van der Waals surface area contributed by atoms with E-state index in [4.69, 9.17) is 0 Å². The van der Waals surface area contributed by atoms with Gasteiger partial charge in [0.05, 0.1) is 17.1 Å². The van der Waals surface area contributed by atoms with Crippen molar-refractivity contribution in [1.82, 2.24) is 4.98 Å². The lowest BCUT2D eigenvalue weighted by Gasteiger charge is -2.27. The summed E-state index contributed by atoms with van der Waals surface area (Å²) in [4.78, 5) is 6.63. The maximum atomic E-state index is 9.44. The van der Waals surface area contributed by atoms with Crippen LogP contribution in [0.3, 0.4) is 0 Å². The second-order valence-corrected chi connectivity index (χ2v) is 5.27. The molecule has 4 heteroatoms. The summed E-state index contributed by atoms with van der Waals surface area (Å²) in [5.74, 6) is 1.49. The SMILES string of the molecule is Cc1ccnc(N2CCC(C)C2CO)c1Br. The van der Waals surface area contributed by atoms with E-state index in [0.29, 0.717) is 5.92 Å². The molecule has 0 aromatic carbocycles. The Morgan fingerprint density at radius 2 is 2.38 bits per heavy atom. The van der Waals surface area contributed by atoms with Gasteiger partial charge in [0.15, 0.2) is 0 Å². The van der Waals surface area contributed by atoms with Crippen molar-refractivity contribution in [2.45, 2.75) is 26.3 Å². The topological polar surface area (TPSA) is 36.4 Å². The number of anilines is 1. The van der Waals surface area contributed by atoms with E-state index in [-0.39, 0.29) is 12.6 Å². The van der Waals surface area contributed by atoms with Crippen molar-refractivity contribution in [3.05, 3.63) is 22.3 Å². The average molecular weight is 285 g/mol. The van der Waals surface area contributed by atoms with E-state index >= 15 is 0 Å². The summed E-state index contributed by atoms with van der Waals surface area (Å²) < 4.78 is 1.04. The number of aromatic nitrogens is 1. The predicted octanol–water partition coefficient (Wildman–Crippen LogP) is 2.36. The lowest BCUT2D eigenvalue weighted by Crippen LogP contribution is -2.36. The predicted molar refractivity (Wildman–Crippen MR) is 68.7 cm³/mol. The third-order valence-electron chi connectivity index (χ3n) is 3.41. The van der Waals surface area contributed by atoms with Gasteiger partial charge in [0.1, 0.15) is 5.82 Å². The second-order valence-electron chi connectivity index (χ2n) is 4.47. The Morgan fingerprint density at radius 3 is 3.06 bits per heavy atom. The van der Waals surface area contributed by atoms with E-state index in [1.54, 1.807) is 0 Å². The molecule has 1 aliphatic rings. The first-order valence-electron chi connectivity index (χ1n) is 5.63. The summed E-state index contributed by atoms with van der Waals surface area (Å²) in [6.07, 6.45) is 2.94. The van der Waals surface area contributed by atoms with Gasteiger partial charge in [-0.3, -0.25) is 0 Å². The summed E-state index contributed by atoms with van der Waals surface area (Å²) in [5.41, 5.74) is 1.18. The van der Waals surface area contributed by atoms with Crippen LogP contribution in [0.4, 0.5) is 5.82 Å². The van der Waals surface area contributed by atoms with Gasteiger partial charge in [-0.2, -0.15) is 0 Å². The van der Waals surface area contributed by atoms with Crippen molar-refractivity contribution in [2.75, 3.05) is 18.1 Å². The van der Waals surface area contributed by atoms with Crippen LogP contribution in [0.2, 0.25) is 0 Å². The van der Waals surface area contributed by atoms with E-state index in [9.17, 15) is 5.11 Å². The molecule has 1 N–H and O–H groups in total. The Kier molecular flexibility index (Phi) is 3.50. The molecule has 88 valence electrons. The van der Waals surface area contributed by atoms with E-state index in [2.05, 4.69) is 39.7 Å². The molecular weight excluding hydrogens is 268 g/mol. The van der Waals surface area contributed by atoms with Gasteiger partial charge in [-0.1, -0.05) is 6.92 Å². The molecule has 1 saturated heterocycles. The van der Waals surface area contributed by atoms with Gasteiger partial charge in [0.2, 0.25) is 0 Å². The van der Waals surface area contributed by atoms with Crippen molar-refractivity contribution in [3.8, 4) is 0 Å². The van der Waals surface area contributed by atoms with Crippen LogP contribution >= 0.6 is 15.9 Å². The van der Waals surface area contributed by atoms with Crippen LogP contribution in [0.1, 0.15) is 18.9 Å². The third-order valence-corrected chi connectivity index (χ3v) is 4.39. The Balaban J connectivity index is 2.34. The van der Waals surface area contributed by atoms with Crippen LogP contribution in [0, 0.1) is 12.8 Å². The fourth-order valence-corrected chi connectivity index (χ4v) is 2.74. The maximum Gasteiger partial charge on any atom is 0.143 e. The van der Waals surface area contributed by atoms with Gasteiger partial charge in [-0.05, 0) is 46.8 Å². The van der Waals surface area contributed by atoms with Crippen LogP contribution in [0.25, 0.3) is 0 Å². The third kappa shape index (κ3) is 1.96. The molecule has 0 bridgehead atoms. The fraction of sp³-hybridized carbons (Fsp3) is 0.583. The number of rotatable bonds is 2. The molecule has 0 aliphatic carbocycles. The average Bonchev–Trinajstić information content (AvgIpc) is 2.63. The van der Waals surface area contributed by atoms with Crippen molar-refractivity contribution >= 4 is 21.7 Å². The monoisotopic (exact) mass is 284 g/mol. The standard InChI is InChI=1S/C12H17BrN2O/c1-8-4-6-15(10(8)7-16)12-11(13)9(2)3-5-14-12/h3,5,8,10,16H,4,6-7H2,1-2H3. The van der Waals surface area contributed by atoms with E-state index in [1.807, 2.05) is 12.3 Å². The van der Waals surface area contributed by atoms with Gasteiger partial charge in [0.25, 0.3) is 0 Å². The quantitative estimate of drug-likeness (QED) is 0.906. The highest BCUT2D eigenvalue weighted by molar-refractivity contribution is 9.10. The Labute approximate surface area is 105 Å². The van der Waals surface area contributed by atoms with Crippen LogP contribution in [0.5, 0.6) is 0 Å². The number of pyridine rings is 1. The fourth-order valence-electron chi connectivity index (χ4n) is 2.28. The molecular formula is C12H17BrN2O. The minimum atomic E-state index is 0.198. The molecule has 3 nitrogen and oxygen atoms in total. The van der Waals surface area contributed by atoms with E-state index < -0.39 is 0 Å². The highest BCUT2D eigenvalue weighted by Gasteiger charge is 2.32. The first-order valence-corrected chi connectivity index (χ1v) is 6.43. The zero-order chi connectivity index (χ0) is 11.7. The molecule has 0 saturated carbocycles. The zero-order valence-corrected chi connectivity index (χ0v) is 11.2. The van der Waals surface area contributed by atoms with Crippen molar-refractivity contribution in [3.63, 3.8) is 0 Å². The van der Waals surface area contributed by atoms with Crippen LogP contribution < -0.4 is 4.90 Å². The normalized spacial score (nSPS) is 25.1. The van der Waals surface area contributed by atoms with Gasteiger partial charge in [-0.25, -0.2) is 4.98 Å². The van der Waals surface area contributed by atoms with Gasteiger partial charge in [0, 0.05) is 12.7 Å². The number of aliphatic hydroxyl groups excluding tert-OH is 1. The summed E-state index contributed by atoms with van der Waals surface area (Å²) in [6.45, 7) is 5.41. The van der Waals surface area contributed by atoms with Crippen molar-refractivity contribution in [1.29, 1.82) is 0 Å². The number of aliphatic hydroxyl groups is 1. The molecule has 0 radical (unpaired) electrons. The van der Waals surface area contributed by atoms with Crippen molar-refractivity contribution in [2.24, 2.45) is 5.92 Å². The largest absolute Gasteiger partial charge is 0.394 e. The van der Waals surface area contributed by atoms with E-state index in [0.717, 1.165) is 23.3 Å². The lowest BCUT2D eigenvalue weighted by atomic mass is 10.0. The lowest BCUT2D eigenvalue weighted by molar-refractivity contribution is 0.244. The zero-order valence-electron chi connectivity index (χ0n) is 9.65. The highest BCUT2D eigenvalue weighted by atomic mass is 79.9. The Hall–Kier alpha value is -0.610. The van der Waals surface area contributed by atoms with E-state index in [1.165, 1.54) is 5.56 Å². The summed E-state index contributed by atoms with van der Waals surface area (Å²) in [6, 6.07) is 2.19. The first-order chi connectivity index (χ1) is 7.65. The minimum absolute atomic E-state index is 0.198. The number of nitrogens with zero attached hydrogens (tertiary/aromatic N) is 2. The molecule has 0 spiro atoms. The van der Waals surface area contributed by atoms with Gasteiger partial charge < -0.3 is 10.0 Å². The molecule has 2 atom stereocenters. The molecule has 16 heavy (non-hydrogen) atoms. The molecule has 0 amide bonds. The van der Waals surface area contributed by atoms with Crippen LogP contribution in [-0.2, 0) is 0 Å². The molecule has 1 fully saturated rings. The molecule has 2 heterocycles. The number of aryl methyl sites for hydroxylation is 1. The van der Waals surface area contributed by atoms with Crippen molar-refractivity contribution < 1.29 is 5.11 Å². The van der Waals surface area contributed by atoms with Gasteiger partial charge in [-0.15, -0.1) is 0 Å². The molecule has 1 aromatic rings. The number of hydrogen-bond donors (Lipinski definition) is 1. The van der Waals surface area contributed by atoms with Gasteiger partial charge >= 0.3 is 0 Å². The minimum Gasteiger partial charge on any atom is -0.394 e.